The van der Waals surface area contributed by atoms with Crippen LogP contribution in [0.4, 0.5) is 13.2 Å². The zero-order valence-corrected chi connectivity index (χ0v) is 12.5. The molecule has 1 N–H and O–H groups in total. The summed E-state index contributed by atoms with van der Waals surface area (Å²) in [7, 11) is 1.98. The lowest BCUT2D eigenvalue weighted by Gasteiger charge is -2.36. The summed E-state index contributed by atoms with van der Waals surface area (Å²) in [6.45, 7) is 0. The van der Waals surface area contributed by atoms with E-state index in [1.165, 1.54) is 32.1 Å². The van der Waals surface area contributed by atoms with Crippen LogP contribution in [0.15, 0.2) is 0 Å². The van der Waals surface area contributed by atoms with Crippen LogP contribution in [0.1, 0.15) is 64.2 Å². The standard InChI is InChI=1S/C16H28F3N/c1-20-15(11-12-5-3-2-4-6-12)13-7-9-14(10-8-13)16(17,18)19/h12-15,20H,2-11H2,1H3. The first-order valence-electron chi connectivity index (χ1n) is 8.24. The molecule has 20 heavy (non-hydrogen) atoms. The first kappa shape index (κ1) is 16.1. The van der Waals surface area contributed by atoms with Crippen molar-refractivity contribution in [3.8, 4) is 0 Å². The summed E-state index contributed by atoms with van der Waals surface area (Å²) in [5, 5.41) is 3.39. The van der Waals surface area contributed by atoms with Crippen LogP contribution < -0.4 is 5.32 Å². The Bertz CT molecular complexity index is 276. The van der Waals surface area contributed by atoms with E-state index in [9.17, 15) is 13.2 Å². The molecule has 0 bridgehead atoms. The maximum Gasteiger partial charge on any atom is 0.391 e. The molecule has 0 saturated heterocycles. The number of halogens is 3. The van der Waals surface area contributed by atoms with Crippen molar-refractivity contribution < 1.29 is 13.2 Å². The fourth-order valence-corrected chi connectivity index (χ4v) is 4.18. The monoisotopic (exact) mass is 291 g/mol. The van der Waals surface area contributed by atoms with Gasteiger partial charge in [-0.2, -0.15) is 13.2 Å². The van der Waals surface area contributed by atoms with Crippen LogP contribution in [0, 0.1) is 17.8 Å². The van der Waals surface area contributed by atoms with Gasteiger partial charge in [0.2, 0.25) is 0 Å². The summed E-state index contributed by atoms with van der Waals surface area (Å²) in [5.74, 6) is 0.188. The molecule has 2 aliphatic rings. The molecule has 1 atom stereocenters. The lowest BCUT2D eigenvalue weighted by atomic mass is 9.74. The number of alkyl halides is 3. The van der Waals surface area contributed by atoms with Gasteiger partial charge in [0.05, 0.1) is 5.92 Å². The van der Waals surface area contributed by atoms with Crippen molar-refractivity contribution in [3.63, 3.8) is 0 Å². The van der Waals surface area contributed by atoms with E-state index in [0.717, 1.165) is 25.2 Å². The second kappa shape index (κ2) is 7.15. The van der Waals surface area contributed by atoms with Crippen LogP contribution in [0.2, 0.25) is 0 Å². The molecule has 0 aliphatic heterocycles. The average molecular weight is 291 g/mol. The normalized spacial score (nSPS) is 31.2. The molecular weight excluding hydrogens is 263 g/mol. The Morgan fingerprint density at radius 2 is 1.55 bits per heavy atom. The van der Waals surface area contributed by atoms with Gasteiger partial charge in [-0.05, 0) is 51.0 Å². The van der Waals surface area contributed by atoms with E-state index in [-0.39, 0.29) is 0 Å². The van der Waals surface area contributed by atoms with Gasteiger partial charge in [-0.3, -0.25) is 0 Å². The van der Waals surface area contributed by atoms with Crippen molar-refractivity contribution >= 4 is 0 Å². The molecule has 2 fully saturated rings. The van der Waals surface area contributed by atoms with E-state index in [4.69, 9.17) is 0 Å². The van der Waals surface area contributed by atoms with Crippen LogP contribution >= 0.6 is 0 Å². The highest BCUT2D eigenvalue weighted by molar-refractivity contribution is 4.85. The smallest absolute Gasteiger partial charge is 0.317 e. The molecular formula is C16H28F3N. The van der Waals surface area contributed by atoms with Gasteiger partial charge in [0.25, 0.3) is 0 Å². The van der Waals surface area contributed by atoms with Crippen LogP contribution in [-0.4, -0.2) is 19.3 Å². The predicted octanol–water partition coefficient (Wildman–Crippen LogP) is 4.91. The molecule has 118 valence electrons. The molecule has 0 spiro atoms. The average Bonchev–Trinajstić information content (AvgIpc) is 2.45. The number of rotatable bonds is 4. The van der Waals surface area contributed by atoms with Gasteiger partial charge in [-0.25, -0.2) is 0 Å². The Morgan fingerprint density at radius 3 is 2.05 bits per heavy atom. The first-order chi connectivity index (χ1) is 9.50. The first-order valence-corrected chi connectivity index (χ1v) is 8.24. The Morgan fingerprint density at radius 1 is 0.950 bits per heavy atom. The van der Waals surface area contributed by atoms with E-state index < -0.39 is 12.1 Å². The van der Waals surface area contributed by atoms with Crippen LogP contribution in [0.25, 0.3) is 0 Å². The Hall–Kier alpha value is -0.250. The van der Waals surface area contributed by atoms with Gasteiger partial charge in [0.15, 0.2) is 0 Å². The maximum absolute atomic E-state index is 12.7. The second-order valence-electron chi connectivity index (χ2n) is 6.79. The van der Waals surface area contributed by atoms with Crippen LogP contribution in [0.5, 0.6) is 0 Å². The molecule has 2 saturated carbocycles. The summed E-state index contributed by atoms with van der Waals surface area (Å²) in [5.41, 5.74) is 0. The molecule has 0 aromatic carbocycles. The number of hydrogen-bond donors (Lipinski definition) is 1. The van der Waals surface area contributed by atoms with Crippen molar-refractivity contribution in [1.82, 2.24) is 5.32 Å². The van der Waals surface area contributed by atoms with E-state index >= 15 is 0 Å². The number of hydrogen-bond acceptors (Lipinski definition) is 1. The van der Waals surface area contributed by atoms with Crippen molar-refractivity contribution in [2.45, 2.75) is 76.4 Å². The van der Waals surface area contributed by atoms with Gasteiger partial charge >= 0.3 is 6.18 Å². The lowest BCUT2D eigenvalue weighted by molar-refractivity contribution is -0.184. The van der Waals surface area contributed by atoms with Gasteiger partial charge in [-0.1, -0.05) is 32.1 Å². The molecule has 1 unspecified atom stereocenters. The fourth-order valence-electron chi connectivity index (χ4n) is 4.18. The van der Waals surface area contributed by atoms with Crippen molar-refractivity contribution in [3.05, 3.63) is 0 Å². The zero-order chi connectivity index (χ0) is 14.6. The maximum atomic E-state index is 12.7. The minimum absolute atomic E-state index is 0.330. The Balaban J connectivity index is 1.80. The second-order valence-corrected chi connectivity index (χ2v) is 6.79. The predicted molar refractivity (Wildman–Crippen MR) is 75.5 cm³/mol. The third-order valence-corrected chi connectivity index (χ3v) is 5.49. The molecule has 2 aliphatic carbocycles. The van der Waals surface area contributed by atoms with E-state index in [2.05, 4.69) is 5.32 Å². The van der Waals surface area contributed by atoms with Gasteiger partial charge in [-0.15, -0.1) is 0 Å². The molecule has 0 aromatic heterocycles. The number of nitrogens with one attached hydrogen (secondary N) is 1. The fraction of sp³-hybridized carbons (Fsp3) is 1.00. The summed E-state index contributed by atoms with van der Waals surface area (Å²) < 4.78 is 38.1. The van der Waals surface area contributed by atoms with Gasteiger partial charge in [0, 0.05) is 6.04 Å². The van der Waals surface area contributed by atoms with E-state index in [0.29, 0.717) is 24.8 Å². The highest BCUT2D eigenvalue weighted by Crippen LogP contribution is 2.41. The summed E-state index contributed by atoms with van der Waals surface area (Å²) in [4.78, 5) is 0. The van der Waals surface area contributed by atoms with Crippen molar-refractivity contribution in [1.29, 1.82) is 0 Å². The quantitative estimate of drug-likeness (QED) is 0.775. The molecule has 1 nitrogen and oxygen atoms in total. The third kappa shape index (κ3) is 4.37. The molecule has 0 aromatic rings. The van der Waals surface area contributed by atoms with Crippen LogP contribution in [0.3, 0.4) is 0 Å². The highest BCUT2D eigenvalue weighted by Gasteiger charge is 2.42. The highest BCUT2D eigenvalue weighted by atomic mass is 19.4. The molecule has 2 rings (SSSR count). The van der Waals surface area contributed by atoms with Gasteiger partial charge in [0.1, 0.15) is 0 Å². The molecule has 0 heterocycles. The minimum atomic E-state index is -3.98. The molecule has 0 amide bonds. The minimum Gasteiger partial charge on any atom is -0.317 e. The van der Waals surface area contributed by atoms with Crippen molar-refractivity contribution in [2.24, 2.45) is 17.8 Å². The van der Waals surface area contributed by atoms with Gasteiger partial charge < -0.3 is 5.32 Å². The summed E-state index contributed by atoms with van der Waals surface area (Å²) in [6.07, 6.45) is 5.98. The topological polar surface area (TPSA) is 12.0 Å². The lowest BCUT2D eigenvalue weighted by Crippen LogP contribution is -2.39. The zero-order valence-electron chi connectivity index (χ0n) is 12.5. The molecule has 0 radical (unpaired) electrons. The largest absolute Gasteiger partial charge is 0.391 e. The SMILES string of the molecule is CNC(CC1CCCCC1)C1CCC(C(F)(F)F)CC1. The third-order valence-electron chi connectivity index (χ3n) is 5.49. The van der Waals surface area contributed by atoms with Crippen molar-refractivity contribution in [2.75, 3.05) is 7.05 Å². The van der Waals surface area contributed by atoms with Crippen LogP contribution in [-0.2, 0) is 0 Å². The Labute approximate surface area is 120 Å². The van der Waals surface area contributed by atoms with E-state index in [1.54, 1.807) is 0 Å². The summed E-state index contributed by atoms with van der Waals surface area (Å²) >= 11 is 0. The Kier molecular flexibility index (Phi) is 5.76. The molecule has 4 heteroatoms. The summed E-state index contributed by atoms with van der Waals surface area (Å²) in [6, 6.07) is 0.423. The van der Waals surface area contributed by atoms with E-state index in [1.807, 2.05) is 7.05 Å².